The zero-order chi connectivity index (χ0) is 25.3. The fraction of sp³-hybridized carbons (Fsp3) is 0.407. The summed E-state index contributed by atoms with van der Waals surface area (Å²) in [6.07, 6.45) is 5.15. The number of nitrogens with one attached hydrogen (secondary N) is 2. The topological polar surface area (TPSA) is 101 Å². The molecule has 0 spiro atoms. The van der Waals surface area contributed by atoms with Crippen LogP contribution in [0.25, 0.3) is 0 Å². The first-order chi connectivity index (χ1) is 17.0. The first kappa shape index (κ1) is 27.6. The standard InChI is InChI=1S/C27H36N4O4/c1-4-18-34-24-12-6-22(7-13-24)10-16-26(32)30-28-20-21(3)29-31-27(33)17-11-23-8-14-25(15-9-23)35-19-5-2/h6-9,12-15,20H,4-5,10-11,16-19H2,1-3H3,(H,30,32)(H,31,33). The Bertz CT molecular complexity index is 970. The minimum Gasteiger partial charge on any atom is -0.494 e. The van der Waals surface area contributed by atoms with Crippen molar-refractivity contribution >= 4 is 23.7 Å². The van der Waals surface area contributed by atoms with Gasteiger partial charge in [0, 0.05) is 12.8 Å². The largest absolute Gasteiger partial charge is 0.494 e. The predicted octanol–water partition coefficient (Wildman–Crippen LogP) is 4.42. The van der Waals surface area contributed by atoms with Crippen LogP contribution >= 0.6 is 0 Å². The molecule has 2 aromatic rings. The lowest BCUT2D eigenvalue weighted by Crippen LogP contribution is -2.21. The molecule has 0 atom stereocenters. The number of hydrogen-bond acceptors (Lipinski definition) is 6. The van der Waals surface area contributed by atoms with E-state index in [9.17, 15) is 9.59 Å². The van der Waals surface area contributed by atoms with Crippen LogP contribution in [0.15, 0.2) is 58.7 Å². The minimum atomic E-state index is -0.199. The highest BCUT2D eigenvalue weighted by Gasteiger charge is 2.04. The molecule has 0 unspecified atom stereocenters. The summed E-state index contributed by atoms with van der Waals surface area (Å²) in [5, 5.41) is 7.88. The van der Waals surface area contributed by atoms with Crippen molar-refractivity contribution in [2.75, 3.05) is 13.2 Å². The number of amides is 2. The van der Waals surface area contributed by atoms with Gasteiger partial charge in [-0.1, -0.05) is 38.1 Å². The molecular weight excluding hydrogens is 444 g/mol. The molecular formula is C27H36N4O4. The lowest BCUT2D eigenvalue weighted by atomic mass is 10.1. The monoisotopic (exact) mass is 480 g/mol. The van der Waals surface area contributed by atoms with Gasteiger partial charge in [0.1, 0.15) is 11.5 Å². The maximum atomic E-state index is 12.0. The van der Waals surface area contributed by atoms with E-state index in [1.165, 1.54) is 6.21 Å². The highest BCUT2D eigenvalue weighted by molar-refractivity contribution is 6.29. The van der Waals surface area contributed by atoms with E-state index in [0.717, 1.165) is 35.5 Å². The zero-order valence-corrected chi connectivity index (χ0v) is 20.9. The number of aryl methyl sites for hydroxylation is 2. The molecule has 0 aliphatic rings. The molecule has 8 heteroatoms. The van der Waals surface area contributed by atoms with E-state index in [1.807, 2.05) is 48.5 Å². The first-order valence-corrected chi connectivity index (χ1v) is 12.1. The number of rotatable bonds is 15. The van der Waals surface area contributed by atoms with E-state index < -0.39 is 0 Å². The van der Waals surface area contributed by atoms with Gasteiger partial charge in [-0.15, -0.1) is 0 Å². The van der Waals surface area contributed by atoms with Crippen molar-refractivity contribution in [1.29, 1.82) is 0 Å². The van der Waals surface area contributed by atoms with Crippen LogP contribution in [-0.2, 0) is 22.4 Å². The van der Waals surface area contributed by atoms with Crippen molar-refractivity contribution in [3.8, 4) is 11.5 Å². The first-order valence-electron chi connectivity index (χ1n) is 12.1. The Kier molecular flexibility index (Phi) is 12.6. The molecule has 0 saturated heterocycles. The molecule has 2 N–H and O–H groups in total. The zero-order valence-electron chi connectivity index (χ0n) is 20.9. The van der Waals surface area contributed by atoms with Crippen LogP contribution in [0.2, 0.25) is 0 Å². The van der Waals surface area contributed by atoms with Crippen molar-refractivity contribution in [2.24, 2.45) is 10.2 Å². The van der Waals surface area contributed by atoms with Crippen LogP contribution in [-0.4, -0.2) is 37.0 Å². The maximum Gasteiger partial charge on any atom is 0.240 e. The summed E-state index contributed by atoms with van der Waals surface area (Å²) < 4.78 is 11.1. The lowest BCUT2D eigenvalue weighted by molar-refractivity contribution is -0.121. The third kappa shape index (κ3) is 11.8. The fourth-order valence-electron chi connectivity index (χ4n) is 2.95. The minimum absolute atomic E-state index is 0.195. The van der Waals surface area contributed by atoms with Crippen LogP contribution in [0, 0.1) is 0 Å². The van der Waals surface area contributed by atoms with Gasteiger partial charge in [-0.2, -0.15) is 10.2 Å². The molecule has 0 saturated carbocycles. The molecule has 0 aromatic heterocycles. The van der Waals surface area contributed by atoms with Gasteiger partial charge in [0.15, 0.2) is 0 Å². The Morgan fingerprint density at radius 3 is 1.69 bits per heavy atom. The molecule has 8 nitrogen and oxygen atoms in total. The van der Waals surface area contributed by atoms with Crippen LogP contribution < -0.4 is 20.3 Å². The molecule has 0 fully saturated rings. The Morgan fingerprint density at radius 2 is 1.23 bits per heavy atom. The second-order valence-electron chi connectivity index (χ2n) is 8.07. The van der Waals surface area contributed by atoms with Crippen LogP contribution in [0.1, 0.15) is 57.6 Å². The van der Waals surface area contributed by atoms with Gasteiger partial charge in [0.25, 0.3) is 0 Å². The van der Waals surface area contributed by atoms with Crippen molar-refractivity contribution in [3.63, 3.8) is 0 Å². The summed E-state index contributed by atoms with van der Waals surface area (Å²) in [7, 11) is 0. The molecule has 0 radical (unpaired) electrons. The predicted molar refractivity (Wildman–Crippen MR) is 139 cm³/mol. The highest BCUT2D eigenvalue weighted by Crippen LogP contribution is 2.14. The lowest BCUT2D eigenvalue weighted by Gasteiger charge is -2.06. The van der Waals surface area contributed by atoms with Gasteiger partial charge in [-0.3, -0.25) is 9.59 Å². The van der Waals surface area contributed by atoms with E-state index in [0.29, 0.717) is 44.6 Å². The van der Waals surface area contributed by atoms with Gasteiger partial charge in [0.2, 0.25) is 11.8 Å². The highest BCUT2D eigenvalue weighted by atomic mass is 16.5. The smallest absolute Gasteiger partial charge is 0.240 e. The molecule has 2 rings (SSSR count). The number of hydrazone groups is 2. The number of nitrogens with zero attached hydrogens (tertiary/aromatic N) is 2. The summed E-state index contributed by atoms with van der Waals surface area (Å²) >= 11 is 0. The molecule has 2 aromatic carbocycles. The Labute approximate surface area is 207 Å². The van der Waals surface area contributed by atoms with Gasteiger partial charge in [-0.25, -0.2) is 10.9 Å². The quantitative estimate of drug-likeness (QED) is 0.291. The van der Waals surface area contributed by atoms with Gasteiger partial charge < -0.3 is 9.47 Å². The van der Waals surface area contributed by atoms with Crippen LogP contribution in [0.5, 0.6) is 11.5 Å². The van der Waals surface area contributed by atoms with Gasteiger partial charge in [0.05, 0.1) is 25.1 Å². The number of benzene rings is 2. The van der Waals surface area contributed by atoms with Gasteiger partial charge in [-0.05, 0) is 68.0 Å². The molecule has 2 amide bonds. The van der Waals surface area contributed by atoms with Crippen molar-refractivity contribution in [3.05, 3.63) is 59.7 Å². The molecule has 188 valence electrons. The van der Waals surface area contributed by atoms with Crippen molar-refractivity contribution in [2.45, 2.75) is 59.3 Å². The summed E-state index contributed by atoms with van der Waals surface area (Å²) in [5.74, 6) is 1.27. The summed E-state index contributed by atoms with van der Waals surface area (Å²) in [4.78, 5) is 24.0. The number of carbonyl (C=O) groups is 2. The van der Waals surface area contributed by atoms with E-state index in [2.05, 4.69) is 34.9 Å². The Balaban J connectivity index is 1.64. The summed E-state index contributed by atoms with van der Waals surface area (Å²) in [6, 6.07) is 15.5. The van der Waals surface area contributed by atoms with Gasteiger partial charge >= 0.3 is 0 Å². The molecule has 35 heavy (non-hydrogen) atoms. The van der Waals surface area contributed by atoms with E-state index in [4.69, 9.17) is 9.47 Å². The number of ether oxygens (including phenoxy) is 2. The third-order valence-electron chi connectivity index (χ3n) is 4.87. The van der Waals surface area contributed by atoms with E-state index in [-0.39, 0.29) is 11.8 Å². The number of hydrogen-bond donors (Lipinski definition) is 2. The molecule has 0 aliphatic carbocycles. The SMILES string of the molecule is CCCOc1ccc(CCC(=O)NN=CC(C)=NNC(=O)CCc2ccc(OCCC)cc2)cc1. The Hall–Kier alpha value is -3.68. The van der Waals surface area contributed by atoms with Crippen molar-refractivity contribution in [1.82, 2.24) is 10.9 Å². The summed E-state index contributed by atoms with van der Waals surface area (Å²) in [5.41, 5.74) is 7.55. The van der Waals surface area contributed by atoms with E-state index >= 15 is 0 Å². The number of carbonyl (C=O) groups excluding carboxylic acids is 2. The maximum absolute atomic E-state index is 12.0. The van der Waals surface area contributed by atoms with Crippen LogP contribution in [0.4, 0.5) is 0 Å². The molecule has 0 aliphatic heterocycles. The second kappa shape index (κ2) is 16.0. The summed E-state index contributed by atoms with van der Waals surface area (Å²) in [6.45, 7) is 7.19. The second-order valence-corrected chi connectivity index (χ2v) is 8.07. The average molecular weight is 481 g/mol. The fourth-order valence-corrected chi connectivity index (χ4v) is 2.95. The Morgan fingerprint density at radius 1 is 0.771 bits per heavy atom. The van der Waals surface area contributed by atoms with Crippen LogP contribution in [0.3, 0.4) is 0 Å². The van der Waals surface area contributed by atoms with Crippen molar-refractivity contribution < 1.29 is 19.1 Å². The molecule has 0 bridgehead atoms. The average Bonchev–Trinajstić information content (AvgIpc) is 2.88. The molecule has 0 heterocycles. The normalized spacial score (nSPS) is 11.3. The van der Waals surface area contributed by atoms with E-state index in [1.54, 1.807) is 6.92 Å². The third-order valence-corrected chi connectivity index (χ3v) is 4.87.